The molecule has 0 aliphatic carbocycles. The van der Waals surface area contributed by atoms with Crippen LogP contribution in [0.2, 0.25) is 0 Å². The first kappa shape index (κ1) is 15.1. The molecule has 3 nitrogen and oxygen atoms in total. The van der Waals surface area contributed by atoms with Gasteiger partial charge in [0.05, 0.1) is 0 Å². The topological polar surface area (TPSA) is 42.2 Å². The van der Waals surface area contributed by atoms with Gasteiger partial charge in [0.15, 0.2) is 0 Å². The number of halogens is 1. The molecule has 0 saturated heterocycles. The number of hydrogen-bond donors (Lipinski definition) is 1. The van der Waals surface area contributed by atoms with Crippen LogP contribution < -0.4 is 10.9 Å². The minimum absolute atomic E-state index is 0.310. The molecule has 1 heterocycles. The normalized spacial score (nSPS) is 10.9. The third kappa shape index (κ3) is 3.16. The Kier molecular flexibility index (Phi) is 4.20. The zero-order valence-corrected chi connectivity index (χ0v) is 14.6. The molecule has 112 valence electrons. The quantitative estimate of drug-likeness (QED) is 0.511. The van der Waals surface area contributed by atoms with Gasteiger partial charge in [0, 0.05) is 27.3 Å². The van der Waals surface area contributed by atoms with E-state index in [2.05, 4.69) is 40.9 Å². The van der Waals surface area contributed by atoms with E-state index in [4.69, 9.17) is 4.42 Å². The fourth-order valence-corrected chi connectivity index (χ4v) is 2.75. The molecule has 0 saturated carbocycles. The van der Waals surface area contributed by atoms with Gasteiger partial charge in [-0.25, -0.2) is 4.79 Å². The van der Waals surface area contributed by atoms with Crippen LogP contribution >= 0.6 is 22.6 Å². The highest BCUT2D eigenvalue weighted by atomic mass is 127. The van der Waals surface area contributed by atoms with Gasteiger partial charge in [-0.2, -0.15) is 0 Å². The monoisotopic (exact) mass is 405 g/mol. The maximum atomic E-state index is 11.8. The summed E-state index contributed by atoms with van der Waals surface area (Å²) < 4.78 is 6.52. The molecule has 3 aromatic rings. The van der Waals surface area contributed by atoms with Gasteiger partial charge in [-0.1, -0.05) is 0 Å². The van der Waals surface area contributed by atoms with Gasteiger partial charge in [0.2, 0.25) is 0 Å². The van der Waals surface area contributed by atoms with Gasteiger partial charge in [-0.05, 0) is 89.5 Å². The Bertz CT molecular complexity index is 882. The summed E-state index contributed by atoms with van der Waals surface area (Å²) in [6, 6.07) is 13.7. The molecule has 2 aromatic carbocycles. The lowest BCUT2D eigenvalue weighted by atomic mass is 10.0. The van der Waals surface area contributed by atoms with Gasteiger partial charge in [-0.3, -0.25) is 0 Å². The fraction of sp³-hybridized carbons (Fsp3) is 0.167. The molecule has 0 unspecified atom stereocenters. The zero-order valence-electron chi connectivity index (χ0n) is 12.4. The second-order valence-corrected chi connectivity index (χ2v) is 6.63. The van der Waals surface area contributed by atoms with E-state index in [1.54, 1.807) is 6.07 Å². The molecule has 22 heavy (non-hydrogen) atoms. The summed E-state index contributed by atoms with van der Waals surface area (Å²) in [5.74, 6) is 0. The van der Waals surface area contributed by atoms with E-state index in [1.807, 2.05) is 37.3 Å². The predicted molar refractivity (Wildman–Crippen MR) is 98.4 cm³/mol. The lowest BCUT2D eigenvalue weighted by Gasteiger charge is -2.10. The largest absolute Gasteiger partial charge is 0.423 e. The van der Waals surface area contributed by atoms with Crippen molar-refractivity contribution in [2.45, 2.75) is 20.4 Å². The molecule has 0 aliphatic rings. The molecule has 1 aromatic heterocycles. The van der Waals surface area contributed by atoms with Gasteiger partial charge >= 0.3 is 5.63 Å². The van der Waals surface area contributed by atoms with E-state index in [0.29, 0.717) is 12.1 Å². The predicted octanol–water partition coefficient (Wildman–Crippen LogP) is 4.63. The van der Waals surface area contributed by atoms with Crippen molar-refractivity contribution in [1.29, 1.82) is 0 Å². The maximum Gasteiger partial charge on any atom is 0.336 e. The molecular weight excluding hydrogens is 389 g/mol. The number of rotatable bonds is 3. The molecular formula is C18H16INO2. The van der Waals surface area contributed by atoms with E-state index >= 15 is 0 Å². The molecule has 0 bridgehead atoms. The third-order valence-electron chi connectivity index (χ3n) is 3.77. The summed E-state index contributed by atoms with van der Waals surface area (Å²) in [5, 5.41) is 4.34. The number of aryl methyl sites for hydroxylation is 2. The summed E-state index contributed by atoms with van der Waals surface area (Å²) in [5.41, 5.74) is 4.64. The molecule has 0 fully saturated rings. The highest BCUT2D eigenvalue weighted by Crippen LogP contribution is 2.22. The first-order valence-corrected chi connectivity index (χ1v) is 8.14. The van der Waals surface area contributed by atoms with Crippen molar-refractivity contribution in [2.24, 2.45) is 0 Å². The SMILES string of the molecule is Cc1cc2oc(=O)cc(CNc3ccc(I)cc3)c2cc1C. The second kappa shape index (κ2) is 6.12. The summed E-state index contributed by atoms with van der Waals surface area (Å²) in [6.07, 6.45) is 0. The van der Waals surface area contributed by atoms with Crippen molar-refractivity contribution in [2.75, 3.05) is 5.32 Å². The van der Waals surface area contributed by atoms with Gasteiger partial charge in [0.25, 0.3) is 0 Å². The first-order chi connectivity index (χ1) is 10.5. The van der Waals surface area contributed by atoms with Crippen LogP contribution in [0.15, 0.2) is 51.7 Å². The maximum absolute atomic E-state index is 11.8. The number of nitrogens with one attached hydrogen (secondary N) is 1. The molecule has 0 aliphatic heterocycles. The Morgan fingerprint density at radius 1 is 1.05 bits per heavy atom. The molecule has 0 atom stereocenters. The van der Waals surface area contributed by atoms with Crippen molar-refractivity contribution in [3.05, 3.63) is 73.1 Å². The van der Waals surface area contributed by atoms with E-state index in [1.165, 1.54) is 9.13 Å². The summed E-state index contributed by atoms with van der Waals surface area (Å²) in [7, 11) is 0. The Hall–Kier alpha value is -1.82. The van der Waals surface area contributed by atoms with E-state index in [0.717, 1.165) is 22.2 Å². The number of benzene rings is 2. The van der Waals surface area contributed by atoms with Crippen LogP contribution in [-0.2, 0) is 6.54 Å². The van der Waals surface area contributed by atoms with Crippen molar-refractivity contribution in [3.63, 3.8) is 0 Å². The van der Waals surface area contributed by atoms with E-state index in [9.17, 15) is 4.79 Å². The Balaban J connectivity index is 1.97. The smallest absolute Gasteiger partial charge is 0.336 e. The van der Waals surface area contributed by atoms with Crippen molar-refractivity contribution in [3.8, 4) is 0 Å². The van der Waals surface area contributed by atoms with Crippen molar-refractivity contribution >= 4 is 39.2 Å². The van der Waals surface area contributed by atoms with Crippen LogP contribution in [0.5, 0.6) is 0 Å². The van der Waals surface area contributed by atoms with Crippen LogP contribution in [0.25, 0.3) is 11.0 Å². The molecule has 0 radical (unpaired) electrons. The minimum atomic E-state index is -0.310. The van der Waals surface area contributed by atoms with Gasteiger partial charge < -0.3 is 9.73 Å². The van der Waals surface area contributed by atoms with Crippen LogP contribution in [-0.4, -0.2) is 0 Å². The standard InChI is InChI=1S/C18H16INO2/c1-11-7-16-13(9-18(21)22-17(16)8-12(11)2)10-20-15-5-3-14(19)4-6-15/h3-9,20H,10H2,1-2H3. The Labute approximate surface area is 142 Å². The lowest BCUT2D eigenvalue weighted by Crippen LogP contribution is -2.06. The molecule has 4 heteroatoms. The van der Waals surface area contributed by atoms with E-state index in [-0.39, 0.29) is 5.63 Å². The minimum Gasteiger partial charge on any atom is -0.423 e. The Morgan fingerprint density at radius 3 is 2.45 bits per heavy atom. The fourth-order valence-electron chi connectivity index (χ4n) is 2.39. The molecule has 1 N–H and O–H groups in total. The lowest BCUT2D eigenvalue weighted by molar-refractivity contribution is 0.559. The molecule has 0 spiro atoms. The van der Waals surface area contributed by atoms with Crippen LogP contribution in [0.4, 0.5) is 5.69 Å². The molecule has 0 amide bonds. The zero-order chi connectivity index (χ0) is 15.7. The van der Waals surface area contributed by atoms with Crippen molar-refractivity contribution < 1.29 is 4.42 Å². The van der Waals surface area contributed by atoms with Crippen LogP contribution in [0.3, 0.4) is 0 Å². The number of fused-ring (bicyclic) bond motifs is 1. The number of anilines is 1. The average molecular weight is 405 g/mol. The summed E-state index contributed by atoms with van der Waals surface area (Å²) >= 11 is 2.28. The van der Waals surface area contributed by atoms with Crippen LogP contribution in [0.1, 0.15) is 16.7 Å². The second-order valence-electron chi connectivity index (χ2n) is 5.38. The third-order valence-corrected chi connectivity index (χ3v) is 4.49. The van der Waals surface area contributed by atoms with E-state index < -0.39 is 0 Å². The Morgan fingerprint density at radius 2 is 1.73 bits per heavy atom. The summed E-state index contributed by atoms with van der Waals surface area (Å²) in [4.78, 5) is 11.8. The van der Waals surface area contributed by atoms with Gasteiger partial charge in [0.1, 0.15) is 5.58 Å². The van der Waals surface area contributed by atoms with Gasteiger partial charge in [-0.15, -0.1) is 0 Å². The highest BCUT2D eigenvalue weighted by molar-refractivity contribution is 14.1. The van der Waals surface area contributed by atoms with Crippen LogP contribution in [0, 0.1) is 17.4 Å². The summed E-state index contributed by atoms with van der Waals surface area (Å²) in [6.45, 7) is 4.67. The molecule has 3 rings (SSSR count). The highest BCUT2D eigenvalue weighted by Gasteiger charge is 2.07. The van der Waals surface area contributed by atoms with Crippen molar-refractivity contribution in [1.82, 2.24) is 0 Å². The average Bonchev–Trinajstić information content (AvgIpc) is 2.48. The first-order valence-electron chi connectivity index (χ1n) is 7.06. The number of hydrogen-bond acceptors (Lipinski definition) is 3.